The van der Waals surface area contributed by atoms with E-state index in [-0.39, 0.29) is 42.3 Å². The van der Waals surface area contributed by atoms with Crippen LogP contribution in [0.5, 0.6) is 0 Å². The first-order chi connectivity index (χ1) is 18.4. The number of alkyl halides is 2. The molecule has 39 heavy (non-hydrogen) atoms. The molecular weight excluding hydrogens is 528 g/mol. The number of benzene rings is 1. The lowest BCUT2D eigenvalue weighted by molar-refractivity contribution is -1.10. The van der Waals surface area contributed by atoms with E-state index in [2.05, 4.69) is 6.92 Å². The van der Waals surface area contributed by atoms with Gasteiger partial charge >= 0.3 is 17.9 Å². The van der Waals surface area contributed by atoms with Gasteiger partial charge in [0.05, 0.1) is 5.69 Å². The van der Waals surface area contributed by atoms with Gasteiger partial charge in [-0.15, -0.1) is 17.2 Å². The van der Waals surface area contributed by atoms with Gasteiger partial charge in [-0.1, -0.05) is 42.0 Å². The normalized spacial score (nSPS) is 25.6. The molecule has 11 heteroatoms. The molecule has 1 aliphatic heterocycles. The molecule has 2 heterocycles. The van der Waals surface area contributed by atoms with Crippen LogP contribution in [-0.2, 0) is 14.4 Å². The van der Waals surface area contributed by atoms with E-state index >= 15 is 0 Å². The van der Waals surface area contributed by atoms with Crippen LogP contribution in [-0.4, -0.2) is 53.3 Å². The molecule has 2 aromatic rings. The Morgan fingerprint density at radius 1 is 1.15 bits per heavy atom. The van der Waals surface area contributed by atoms with Crippen LogP contribution >= 0.6 is 11.3 Å². The number of anilines is 1. The zero-order valence-corrected chi connectivity index (χ0v) is 23.1. The van der Waals surface area contributed by atoms with Crippen LogP contribution in [0.3, 0.4) is 0 Å². The van der Waals surface area contributed by atoms with Crippen LogP contribution in [0.1, 0.15) is 62.0 Å². The summed E-state index contributed by atoms with van der Waals surface area (Å²) in [5.74, 6) is -0.430. The van der Waals surface area contributed by atoms with Crippen molar-refractivity contribution in [3.63, 3.8) is 0 Å². The Morgan fingerprint density at radius 2 is 1.82 bits per heavy atom. The number of piperidine rings is 1. The number of carbonyl (C=O) groups is 3. The molecule has 0 radical (unpaired) electrons. The van der Waals surface area contributed by atoms with Gasteiger partial charge in [0.2, 0.25) is 5.91 Å². The molecule has 1 amide bonds. The molecule has 3 N–H and O–H groups in total. The lowest BCUT2D eigenvalue weighted by Crippen LogP contribution is -2.62. The lowest BCUT2D eigenvalue weighted by atomic mass is 9.82. The smallest absolute Gasteiger partial charge is 0.437 e. The highest BCUT2D eigenvalue weighted by Gasteiger charge is 2.45. The second-order valence-corrected chi connectivity index (χ2v) is 12.1. The molecule has 1 aromatic heterocycles. The first kappa shape index (κ1) is 29.1. The zero-order valence-electron chi connectivity index (χ0n) is 22.3. The third-order valence-corrected chi connectivity index (χ3v) is 8.83. The van der Waals surface area contributed by atoms with Crippen LogP contribution < -0.4 is 10.7 Å². The van der Waals surface area contributed by atoms with Gasteiger partial charge in [-0.05, 0) is 49.7 Å². The Hall–Kier alpha value is -2.89. The largest absolute Gasteiger partial charge is 0.477 e. The SMILES string of the molecule is CC1CCC(C(=O)N(CC2CCC[N+](N)(OC(=O)C(C)(F)F)C2)c2cc(-c3ccccc3)sc2C(=O)O)CC1. The van der Waals surface area contributed by atoms with E-state index in [0.717, 1.165) is 47.5 Å². The fraction of sp³-hybridized carbons (Fsp3) is 0.536. The van der Waals surface area contributed by atoms with E-state index < -0.39 is 22.6 Å². The van der Waals surface area contributed by atoms with Crippen LogP contribution in [0.25, 0.3) is 10.4 Å². The maximum absolute atomic E-state index is 14.0. The van der Waals surface area contributed by atoms with Crippen molar-refractivity contribution in [2.24, 2.45) is 23.6 Å². The quantitative estimate of drug-likeness (QED) is 0.324. The number of hydrogen-bond acceptors (Lipinski definition) is 6. The second kappa shape index (κ2) is 11.7. The van der Waals surface area contributed by atoms with Gasteiger partial charge in [0.15, 0.2) is 0 Å². The predicted octanol–water partition coefficient (Wildman–Crippen LogP) is 5.49. The number of carboxylic acids is 1. The average molecular weight is 565 g/mol. The number of rotatable bonds is 8. The summed E-state index contributed by atoms with van der Waals surface area (Å²) in [5.41, 5.74) is 1.17. The number of halogens is 2. The highest BCUT2D eigenvalue weighted by Crippen LogP contribution is 2.40. The number of carboxylic acid groups (broad SMARTS) is 1. The van der Waals surface area contributed by atoms with Crippen molar-refractivity contribution in [1.29, 1.82) is 0 Å². The van der Waals surface area contributed by atoms with Gasteiger partial charge in [0.25, 0.3) is 0 Å². The molecule has 8 nitrogen and oxygen atoms in total. The summed E-state index contributed by atoms with van der Waals surface area (Å²) in [4.78, 5) is 45.6. The Labute approximate surface area is 230 Å². The lowest BCUT2D eigenvalue weighted by Gasteiger charge is -2.39. The molecule has 1 aliphatic carbocycles. The number of hydroxylamine groups is 2. The van der Waals surface area contributed by atoms with Crippen LogP contribution in [0, 0.1) is 17.8 Å². The molecule has 2 fully saturated rings. The molecule has 4 rings (SSSR count). The van der Waals surface area contributed by atoms with Crippen LogP contribution in [0.2, 0.25) is 0 Å². The number of hydrogen-bond donors (Lipinski definition) is 2. The molecular formula is C28H36F2N3O5S+. The maximum atomic E-state index is 14.0. The highest BCUT2D eigenvalue weighted by molar-refractivity contribution is 7.18. The highest BCUT2D eigenvalue weighted by atomic mass is 32.1. The van der Waals surface area contributed by atoms with Crippen LogP contribution in [0.4, 0.5) is 14.5 Å². The molecule has 2 atom stereocenters. The number of nitrogens with zero attached hydrogens (tertiary/aromatic N) is 2. The Morgan fingerprint density at radius 3 is 2.44 bits per heavy atom. The molecule has 1 saturated heterocycles. The maximum Gasteiger partial charge on any atom is 0.437 e. The number of nitrogens with two attached hydrogens (primary N) is 1. The first-order valence-corrected chi connectivity index (χ1v) is 14.2. The number of thiophene rings is 1. The Kier molecular flexibility index (Phi) is 8.72. The van der Waals surface area contributed by atoms with E-state index in [4.69, 9.17) is 10.7 Å². The van der Waals surface area contributed by atoms with Crippen molar-refractivity contribution in [2.75, 3.05) is 24.5 Å². The minimum atomic E-state index is -3.68. The summed E-state index contributed by atoms with van der Waals surface area (Å²) >= 11 is 1.11. The summed E-state index contributed by atoms with van der Waals surface area (Å²) in [6.07, 6.45) is 4.40. The number of quaternary nitrogens is 1. The summed E-state index contributed by atoms with van der Waals surface area (Å²) < 4.78 is 26.2. The molecule has 2 aliphatic rings. The third kappa shape index (κ3) is 7.01. The van der Waals surface area contributed by atoms with Gasteiger partial charge in [0, 0.05) is 36.6 Å². The predicted molar refractivity (Wildman–Crippen MR) is 144 cm³/mol. The fourth-order valence-electron chi connectivity index (χ4n) is 5.52. The van der Waals surface area contributed by atoms with Gasteiger partial charge in [-0.2, -0.15) is 8.78 Å². The summed E-state index contributed by atoms with van der Waals surface area (Å²) in [7, 11) is 0. The van der Waals surface area contributed by atoms with Crippen molar-refractivity contribution in [2.45, 2.75) is 58.3 Å². The van der Waals surface area contributed by atoms with E-state index in [1.54, 1.807) is 11.0 Å². The molecule has 212 valence electrons. The van der Waals surface area contributed by atoms with Crippen molar-refractivity contribution >= 4 is 34.9 Å². The van der Waals surface area contributed by atoms with Crippen molar-refractivity contribution < 1.29 is 37.9 Å². The van der Waals surface area contributed by atoms with Crippen LogP contribution in [0.15, 0.2) is 36.4 Å². The summed E-state index contributed by atoms with van der Waals surface area (Å²) in [6, 6.07) is 11.1. The molecule has 1 aromatic carbocycles. The second-order valence-electron chi connectivity index (χ2n) is 11.0. The van der Waals surface area contributed by atoms with Crippen molar-refractivity contribution in [3.05, 3.63) is 41.3 Å². The fourth-order valence-corrected chi connectivity index (χ4v) is 6.52. The Bertz CT molecular complexity index is 1190. The Balaban J connectivity index is 1.66. The van der Waals surface area contributed by atoms with E-state index in [0.29, 0.717) is 31.4 Å². The molecule has 0 spiro atoms. The molecule has 1 saturated carbocycles. The minimum absolute atomic E-state index is 0.0331. The summed E-state index contributed by atoms with van der Waals surface area (Å²) in [6.45, 7) is 2.97. The van der Waals surface area contributed by atoms with Gasteiger partial charge < -0.3 is 10.0 Å². The minimum Gasteiger partial charge on any atom is -0.477 e. The third-order valence-electron chi connectivity index (χ3n) is 7.67. The average Bonchev–Trinajstić information content (AvgIpc) is 3.33. The summed E-state index contributed by atoms with van der Waals surface area (Å²) in [5, 5.41) is 10.1. The molecule has 2 unspecified atom stereocenters. The molecule has 0 bridgehead atoms. The first-order valence-electron chi connectivity index (χ1n) is 13.4. The number of aromatic carboxylic acids is 1. The van der Waals surface area contributed by atoms with E-state index in [1.807, 2.05) is 30.3 Å². The van der Waals surface area contributed by atoms with E-state index in [1.165, 1.54) is 0 Å². The van der Waals surface area contributed by atoms with Crippen molar-refractivity contribution in [3.8, 4) is 10.4 Å². The monoisotopic (exact) mass is 564 g/mol. The van der Waals surface area contributed by atoms with Gasteiger partial charge in [0.1, 0.15) is 18.0 Å². The standard InChI is InChI=1S/C28H35F2N3O5S/c1-18-10-12-21(13-11-18)25(34)32(16-19-7-6-14-33(31,17-19)38-27(37)28(2,29)30)22-15-23(39-24(22)26(35)36)20-8-4-3-5-9-20/h3-5,8-9,15,18-19,21H,6-7,10-14,16-17,31H2,1-2H3/p+1. The zero-order chi connectivity index (χ0) is 28.4. The van der Waals surface area contributed by atoms with Gasteiger partial charge in [-0.3, -0.25) is 4.79 Å². The number of carbonyl (C=O) groups excluding carboxylic acids is 2. The van der Waals surface area contributed by atoms with Gasteiger partial charge in [-0.25, -0.2) is 14.4 Å². The van der Waals surface area contributed by atoms with Crippen molar-refractivity contribution in [1.82, 2.24) is 0 Å². The topological polar surface area (TPSA) is 110 Å². The number of amides is 1. The van der Waals surface area contributed by atoms with E-state index in [9.17, 15) is 28.3 Å².